The predicted octanol–water partition coefficient (Wildman–Crippen LogP) is 2.49. The van der Waals surface area contributed by atoms with Crippen LogP contribution in [0.15, 0.2) is 41.6 Å². The van der Waals surface area contributed by atoms with Crippen LogP contribution in [0.4, 0.5) is 0 Å². The van der Waals surface area contributed by atoms with Crippen molar-refractivity contribution in [3.8, 4) is 0 Å². The number of carbonyl (C=O) groups excluding carboxylic acids is 1. The van der Waals surface area contributed by atoms with Crippen LogP contribution < -0.4 is 0 Å². The third-order valence-corrected chi connectivity index (χ3v) is 7.44. The lowest BCUT2D eigenvalue weighted by Crippen LogP contribution is -2.50. The summed E-state index contributed by atoms with van der Waals surface area (Å²) in [6, 6.07) is 6.06. The smallest absolute Gasteiger partial charge is 0.259 e. The Labute approximate surface area is 177 Å². The van der Waals surface area contributed by atoms with Gasteiger partial charge in [-0.25, -0.2) is 17.9 Å². The van der Waals surface area contributed by atoms with Crippen LogP contribution in [0.2, 0.25) is 10.0 Å². The fourth-order valence-corrected chi connectivity index (χ4v) is 5.51. The number of hydrogen-bond acceptors (Lipinski definition) is 5. The molecule has 8 nitrogen and oxygen atoms in total. The maximum absolute atomic E-state index is 13.0. The molecule has 152 valence electrons. The van der Waals surface area contributed by atoms with Crippen LogP contribution in [0, 0.1) is 6.92 Å². The molecule has 1 saturated heterocycles. The molecular weight excluding hydrogens is 437 g/mol. The molecule has 0 radical (unpaired) electrons. The number of aromatic nitrogens is 3. The maximum Gasteiger partial charge on any atom is 0.259 e. The van der Waals surface area contributed by atoms with Crippen molar-refractivity contribution in [3.05, 3.63) is 58.0 Å². The zero-order chi connectivity index (χ0) is 20.8. The molecule has 0 bridgehead atoms. The van der Waals surface area contributed by atoms with E-state index in [1.165, 1.54) is 22.5 Å². The van der Waals surface area contributed by atoms with Gasteiger partial charge in [0.1, 0.15) is 10.5 Å². The molecule has 3 aromatic rings. The van der Waals surface area contributed by atoms with Crippen LogP contribution in [-0.2, 0) is 10.0 Å². The summed E-state index contributed by atoms with van der Waals surface area (Å²) < 4.78 is 28.8. The zero-order valence-electron chi connectivity index (χ0n) is 15.4. The summed E-state index contributed by atoms with van der Waals surface area (Å²) in [6.45, 7) is 2.56. The summed E-state index contributed by atoms with van der Waals surface area (Å²) in [6.07, 6.45) is 3.33. The van der Waals surface area contributed by atoms with E-state index in [0.29, 0.717) is 16.9 Å². The standard InChI is InChI=1S/C18H17Cl2N5O3S/c1-12-16(17-21-5-2-6-25(17)22-12)18(26)23-7-9-24(10-8-23)29(27,28)15-11-13(19)3-4-14(15)20/h2-6,11H,7-10H2,1H3. The summed E-state index contributed by atoms with van der Waals surface area (Å²) in [5, 5.41) is 4.72. The van der Waals surface area contributed by atoms with E-state index in [4.69, 9.17) is 23.2 Å². The number of carbonyl (C=O) groups is 1. The molecule has 0 N–H and O–H groups in total. The lowest BCUT2D eigenvalue weighted by atomic mass is 10.2. The average molecular weight is 454 g/mol. The highest BCUT2D eigenvalue weighted by molar-refractivity contribution is 7.89. The molecule has 1 aliphatic rings. The van der Waals surface area contributed by atoms with Crippen molar-refractivity contribution in [2.24, 2.45) is 0 Å². The number of fused-ring (bicyclic) bond motifs is 1. The van der Waals surface area contributed by atoms with E-state index in [0.717, 1.165) is 0 Å². The highest BCUT2D eigenvalue weighted by atomic mass is 35.5. The van der Waals surface area contributed by atoms with Gasteiger partial charge in [-0.2, -0.15) is 9.40 Å². The molecule has 0 spiro atoms. The van der Waals surface area contributed by atoms with Crippen molar-refractivity contribution in [2.45, 2.75) is 11.8 Å². The molecule has 1 amide bonds. The number of rotatable bonds is 3. The second-order valence-corrected chi connectivity index (χ2v) is 9.37. The molecule has 4 rings (SSSR count). The first-order valence-corrected chi connectivity index (χ1v) is 11.0. The highest BCUT2D eigenvalue weighted by Crippen LogP contribution is 2.28. The predicted molar refractivity (Wildman–Crippen MR) is 109 cm³/mol. The first kappa shape index (κ1) is 20.1. The summed E-state index contributed by atoms with van der Waals surface area (Å²) in [5.74, 6) is -0.214. The second-order valence-electron chi connectivity index (χ2n) is 6.62. The lowest BCUT2D eigenvalue weighted by Gasteiger charge is -2.34. The van der Waals surface area contributed by atoms with Gasteiger partial charge in [0, 0.05) is 43.6 Å². The monoisotopic (exact) mass is 453 g/mol. The lowest BCUT2D eigenvalue weighted by molar-refractivity contribution is 0.0699. The molecule has 1 aromatic carbocycles. The number of piperazine rings is 1. The molecule has 11 heteroatoms. The third-order valence-electron chi connectivity index (χ3n) is 4.82. The summed E-state index contributed by atoms with van der Waals surface area (Å²) >= 11 is 12.0. The van der Waals surface area contributed by atoms with Crippen molar-refractivity contribution in [3.63, 3.8) is 0 Å². The van der Waals surface area contributed by atoms with Gasteiger partial charge in [0.25, 0.3) is 5.91 Å². The van der Waals surface area contributed by atoms with Gasteiger partial charge in [-0.1, -0.05) is 23.2 Å². The Balaban J connectivity index is 1.54. The molecule has 0 aliphatic carbocycles. The Morgan fingerprint density at radius 2 is 1.86 bits per heavy atom. The molecule has 0 unspecified atom stereocenters. The first-order chi connectivity index (χ1) is 13.8. The van der Waals surface area contributed by atoms with Crippen molar-refractivity contribution in [1.29, 1.82) is 0 Å². The van der Waals surface area contributed by atoms with E-state index in [9.17, 15) is 13.2 Å². The topological polar surface area (TPSA) is 87.9 Å². The van der Waals surface area contributed by atoms with Crippen LogP contribution in [0.3, 0.4) is 0 Å². The number of sulfonamides is 1. The Hall–Kier alpha value is -2.20. The minimum atomic E-state index is -3.81. The van der Waals surface area contributed by atoms with E-state index < -0.39 is 10.0 Å². The number of nitrogens with zero attached hydrogens (tertiary/aromatic N) is 5. The van der Waals surface area contributed by atoms with Crippen molar-refractivity contribution in [2.75, 3.05) is 26.2 Å². The third kappa shape index (κ3) is 3.59. The van der Waals surface area contributed by atoms with Gasteiger partial charge >= 0.3 is 0 Å². The van der Waals surface area contributed by atoms with Crippen molar-refractivity contribution in [1.82, 2.24) is 23.8 Å². The van der Waals surface area contributed by atoms with Crippen LogP contribution in [0.5, 0.6) is 0 Å². The minimum absolute atomic E-state index is 0.0332. The molecule has 29 heavy (non-hydrogen) atoms. The van der Waals surface area contributed by atoms with Crippen molar-refractivity contribution < 1.29 is 13.2 Å². The van der Waals surface area contributed by atoms with E-state index in [2.05, 4.69) is 10.1 Å². The Bertz CT molecular complexity index is 1200. The second kappa shape index (κ2) is 7.56. The molecular formula is C18H17Cl2N5O3S. The summed E-state index contributed by atoms with van der Waals surface area (Å²) in [4.78, 5) is 18.9. The molecule has 1 fully saturated rings. The fraction of sp³-hybridized carbons (Fsp3) is 0.278. The quantitative estimate of drug-likeness (QED) is 0.607. The van der Waals surface area contributed by atoms with E-state index in [1.54, 1.807) is 34.8 Å². The van der Waals surface area contributed by atoms with Crippen LogP contribution in [-0.4, -0.2) is 64.3 Å². The number of hydrogen-bond donors (Lipinski definition) is 0. The number of benzene rings is 1. The van der Waals surface area contributed by atoms with Gasteiger partial charge in [-0.3, -0.25) is 4.79 Å². The largest absolute Gasteiger partial charge is 0.336 e. The van der Waals surface area contributed by atoms with E-state index >= 15 is 0 Å². The molecule has 2 aromatic heterocycles. The summed E-state index contributed by atoms with van der Waals surface area (Å²) in [5.41, 5.74) is 1.49. The van der Waals surface area contributed by atoms with Gasteiger partial charge in [0.2, 0.25) is 10.0 Å². The number of amides is 1. The number of halogens is 2. The average Bonchev–Trinajstić information content (AvgIpc) is 3.05. The highest BCUT2D eigenvalue weighted by Gasteiger charge is 2.33. The summed E-state index contributed by atoms with van der Waals surface area (Å²) in [7, 11) is -3.81. The minimum Gasteiger partial charge on any atom is -0.336 e. The number of aryl methyl sites for hydroxylation is 1. The molecule has 3 heterocycles. The van der Waals surface area contributed by atoms with Gasteiger partial charge in [-0.05, 0) is 31.2 Å². The van der Waals surface area contributed by atoms with E-state index in [-0.39, 0.29) is 47.0 Å². The molecule has 0 saturated carbocycles. The van der Waals surface area contributed by atoms with Gasteiger partial charge in [0.15, 0.2) is 5.65 Å². The van der Waals surface area contributed by atoms with Crippen LogP contribution >= 0.6 is 23.2 Å². The zero-order valence-corrected chi connectivity index (χ0v) is 17.7. The fourth-order valence-electron chi connectivity index (χ4n) is 3.35. The molecule has 1 aliphatic heterocycles. The van der Waals surface area contributed by atoms with Gasteiger partial charge in [-0.15, -0.1) is 0 Å². The Morgan fingerprint density at radius 1 is 1.14 bits per heavy atom. The van der Waals surface area contributed by atoms with Crippen LogP contribution in [0.1, 0.15) is 16.1 Å². The van der Waals surface area contributed by atoms with Crippen LogP contribution in [0.25, 0.3) is 5.65 Å². The SMILES string of the molecule is Cc1nn2cccnc2c1C(=O)N1CCN(S(=O)(=O)c2cc(Cl)ccc2Cl)CC1. The maximum atomic E-state index is 13.0. The van der Waals surface area contributed by atoms with Gasteiger partial charge in [0.05, 0.1) is 10.7 Å². The normalized spacial score (nSPS) is 15.8. The van der Waals surface area contributed by atoms with Gasteiger partial charge < -0.3 is 4.90 Å². The molecule has 0 atom stereocenters. The van der Waals surface area contributed by atoms with Crippen molar-refractivity contribution >= 4 is 44.8 Å². The Kier molecular flexibility index (Phi) is 5.24. The Morgan fingerprint density at radius 3 is 2.59 bits per heavy atom. The first-order valence-electron chi connectivity index (χ1n) is 8.83. The van der Waals surface area contributed by atoms with E-state index in [1.807, 2.05) is 0 Å².